The van der Waals surface area contributed by atoms with E-state index in [2.05, 4.69) is 4.98 Å². The second kappa shape index (κ2) is 8.87. The minimum Gasteiger partial charge on any atom is -0.508 e. The minimum atomic E-state index is -0.266. The van der Waals surface area contributed by atoms with Gasteiger partial charge in [-0.1, -0.05) is 24.3 Å². The van der Waals surface area contributed by atoms with E-state index in [1.54, 1.807) is 30.5 Å². The second-order valence-corrected chi connectivity index (χ2v) is 6.90. The molecule has 0 spiro atoms. The van der Waals surface area contributed by atoms with Crippen molar-refractivity contribution in [1.29, 1.82) is 0 Å². The van der Waals surface area contributed by atoms with Crippen LogP contribution in [0.5, 0.6) is 5.75 Å². The number of nitrogens with zero attached hydrogens (tertiary/aromatic N) is 1. The van der Waals surface area contributed by atoms with Crippen molar-refractivity contribution in [1.82, 2.24) is 4.98 Å². The van der Waals surface area contributed by atoms with E-state index in [1.807, 2.05) is 30.3 Å². The molecule has 5 heteroatoms. The Hall–Kier alpha value is -3.31. The smallest absolute Gasteiger partial charge is 0.163 e. The predicted molar refractivity (Wildman–Crippen MR) is 108 cm³/mol. The fraction of sp³-hybridized carbons (Fsp3) is 0.0455. The fourth-order valence-corrected chi connectivity index (χ4v) is 3.22. The van der Waals surface area contributed by atoms with Crippen LogP contribution in [0.1, 0.15) is 16.9 Å². The lowest BCUT2D eigenvalue weighted by Crippen LogP contribution is -2.01. The van der Waals surface area contributed by atoms with Gasteiger partial charge in [0.2, 0.25) is 0 Å². The summed E-state index contributed by atoms with van der Waals surface area (Å²) in [5.74, 6) is -0.347. The van der Waals surface area contributed by atoms with Crippen molar-refractivity contribution in [3.63, 3.8) is 0 Å². The number of carbonyl (C=O) groups excluding carboxylic acids is 2. The number of benzene rings is 1. The Morgan fingerprint density at radius 3 is 2.37 bits per heavy atom. The number of thiophene rings is 1. The molecule has 2 heterocycles. The van der Waals surface area contributed by atoms with Crippen LogP contribution < -0.4 is 0 Å². The molecule has 0 amide bonds. The van der Waals surface area contributed by atoms with Crippen LogP contribution in [0.15, 0.2) is 72.9 Å². The summed E-state index contributed by atoms with van der Waals surface area (Å²) in [6.07, 6.45) is 7.71. The highest BCUT2D eigenvalue weighted by Crippen LogP contribution is 2.27. The van der Waals surface area contributed by atoms with Gasteiger partial charge in [-0.2, -0.15) is 0 Å². The van der Waals surface area contributed by atoms with Gasteiger partial charge < -0.3 is 5.11 Å². The Labute approximate surface area is 161 Å². The third kappa shape index (κ3) is 5.59. The van der Waals surface area contributed by atoms with Gasteiger partial charge in [0.05, 0.1) is 17.0 Å². The number of carbonyl (C=O) groups is 2. The first kappa shape index (κ1) is 18.5. The maximum Gasteiger partial charge on any atom is 0.163 e. The molecule has 0 aliphatic heterocycles. The van der Waals surface area contributed by atoms with Gasteiger partial charge >= 0.3 is 0 Å². The topological polar surface area (TPSA) is 67.3 Å². The van der Waals surface area contributed by atoms with Crippen LogP contribution in [-0.4, -0.2) is 21.7 Å². The largest absolute Gasteiger partial charge is 0.508 e. The Kier molecular flexibility index (Phi) is 6.07. The van der Waals surface area contributed by atoms with Gasteiger partial charge in [0.15, 0.2) is 11.6 Å². The van der Waals surface area contributed by atoms with E-state index in [0.29, 0.717) is 0 Å². The number of allylic oxidation sites excluding steroid dienone is 2. The van der Waals surface area contributed by atoms with E-state index >= 15 is 0 Å². The number of aromatic hydroxyl groups is 1. The van der Waals surface area contributed by atoms with Crippen LogP contribution in [0.4, 0.5) is 0 Å². The average Bonchev–Trinajstić information content (AvgIpc) is 3.16. The van der Waals surface area contributed by atoms with Crippen LogP contribution in [0.25, 0.3) is 22.7 Å². The normalized spacial score (nSPS) is 11.3. The number of hydrogen-bond donors (Lipinski definition) is 1. The molecular weight excluding hydrogens is 358 g/mol. The molecule has 0 atom stereocenters. The highest BCUT2D eigenvalue weighted by Gasteiger charge is 2.05. The Morgan fingerprint density at radius 2 is 1.67 bits per heavy atom. The van der Waals surface area contributed by atoms with Crippen molar-refractivity contribution < 1.29 is 14.7 Å². The van der Waals surface area contributed by atoms with E-state index in [-0.39, 0.29) is 23.7 Å². The highest BCUT2D eigenvalue weighted by molar-refractivity contribution is 7.16. The first-order valence-corrected chi connectivity index (χ1v) is 9.14. The lowest BCUT2D eigenvalue weighted by molar-refractivity contribution is -0.121. The number of hydrogen-bond acceptors (Lipinski definition) is 5. The van der Waals surface area contributed by atoms with Crippen LogP contribution in [0.3, 0.4) is 0 Å². The summed E-state index contributed by atoms with van der Waals surface area (Å²) in [4.78, 5) is 30.1. The van der Waals surface area contributed by atoms with Gasteiger partial charge in [-0.3, -0.25) is 14.6 Å². The molecular formula is C22H17NO3S. The second-order valence-electron chi connectivity index (χ2n) is 5.78. The molecule has 27 heavy (non-hydrogen) atoms. The quantitative estimate of drug-likeness (QED) is 0.477. The van der Waals surface area contributed by atoms with Crippen LogP contribution >= 0.6 is 11.3 Å². The van der Waals surface area contributed by atoms with Crippen molar-refractivity contribution in [3.05, 3.63) is 83.4 Å². The molecule has 0 fully saturated rings. The Balaban J connectivity index is 1.55. The number of phenolic OH excluding ortho intramolecular Hbond substituents is 1. The Bertz CT molecular complexity index is 986. The van der Waals surface area contributed by atoms with Gasteiger partial charge in [-0.25, -0.2) is 0 Å². The molecule has 0 aliphatic rings. The van der Waals surface area contributed by atoms with Crippen molar-refractivity contribution >= 4 is 35.1 Å². The fourth-order valence-electron chi connectivity index (χ4n) is 2.33. The zero-order valence-corrected chi connectivity index (χ0v) is 15.2. The van der Waals surface area contributed by atoms with Gasteiger partial charge in [0.25, 0.3) is 0 Å². The maximum absolute atomic E-state index is 12.0. The molecule has 1 aromatic carbocycles. The molecule has 0 saturated heterocycles. The molecule has 0 unspecified atom stereocenters. The summed E-state index contributed by atoms with van der Waals surface area (Å²) in [7, 11) is 0. The van der Waals surface area contributed by atoms with E-state index in [1.165, 1.54) is 35.6 Å². The van der Waals surface area contributed by atoms with Gasteiger partial charge in [-0.15, -0.1) is 11.3 Å². The standard InChI is InChI=1S/C22H17NO3S/c24-17-7-4-16(5-8-17)6-9-18(25)15-19(26)10-11-20-12-13-22(27-20)21-3-1-2-14-23-21/h1-14,24H,15H2/b9-6+,11-10+. The average molecular weight is 375 g/mol. The lowest BCUT2D eigenvalue weighted by atomic mass is 10.1. The van der Waals surface area contributed by atoms with Crippen molar-refractivity contribution in [3.8, 4) is 16.3 Å². The zero-order chi connectivity index (χ0) is 19.1. The zero-order valence-electron chi connectivity index (χ0n) is 14.4. The molecule has 0 saturated carbocycles. The van der Waals surface area contributed by atoms with E-state index < -0.39 is 0 Å². The summed E-state index contributed by atoms with van der Waals surface area (Å²) in [5.41, 5.74) is 1.67. The van der Waals surface area contributed by atoms with Crippen molar-refractivity contribution in [2.75, 3.05) is 0 Å². The first-order chi connectivity index (χ1) is 13.1. The van der Waals surface area contributed by atoms with E-state index in [9.17, 15) is 14.7 Å². The molecule has 3 rings (SSSR count). The summed E-state index contributed by atoms with van der Waals surface area (Å²) in [6, 6.07) is 16.1. The van der Waals surface area contributed by atoms with Crippen LogP contribution in [0.2, 0.25) is 0 Å². The summed E-state index contributed by atoms with van der Waals surface area (Å²) in [5, 5.41) is 9.23. The molecule has 3 aromatic rings. The Morgan fingerprint density at radius 1 is 0.926 bits per heavy atom. The van der Waals surface area contributed by atoms with E-state index in [0.717, 1.165) is 21.0 Å². The van der Waals surface area contributed by atoms with E-state index in [4.69, 9.17) is 0 Å². The summed E-state index contributed by atoms with van der Waals surface area (Å²) < 4.78 is 0. The number of phenols is 1. The van der Waals surface area contributed by atoms with Gasteiger partial charge in [0.1, 0.15) is 5.75 Å². The van der Waals surface area contributed by atoms with Crippen LogP contribution in [-0.2, 0) is 9.59 Å². The van der Waals surface area contributed by atoms with Crippen molar-refractivity contribution in [2.24, 2.45) is 0 Å². The summed E-state index contributed by atoms with van der Waals surface area (Å²) >= 11 is 1.53. The number of pyridine rings is 1. The number of rotatable bonds is 7. The molecule has 0 radical (unpaired) electrons. The maximum atomic E-state index is 12.0. The molecule has 1 N–H and O–H groups in total. The SMILES string of the molecule is O=C(/C=C/c1ccc(O)cc1)CC(=O)/C=C/c1ccc(-c2ccccn2)s1. The summed E-state index contributed by atoms with van der Waals surface area (Å²) in [6.45, 7) is 0. The highest BCUT2D eigenvalue weighted by atomic mass is 32.1. The monoisotopic (exact) mass is 375 g/mol. The van der Waals surface area contributed by atoms with Gasteiger partial charge in [0, 0.05) is 11.1 Å². The molecule has 4 nitrogen and oxygen atoms in total. The first-order valence-electron chi connectivity index (χ1n) is 8.32. The number of ketones is 2. The minimum absolute atomic E-state index is 0.165. The molecule has 134 valence electrons. The molecule has 2 aromatic heterocycles. The third-order valence-electron chi connectivity index (χ3n) is 3.68. The molecule has 0 bridgehead atoms. The van der Waals surface area contributed by atoms with Crippen molar-refractivity contribution in [2.45, 2.75) is 6.42 Å². The van der Waals surface area contributed by atoms with Crippen LogP contribution in [0, 0.1) is 0 Å². The number of aromatic nitrogens is 1. The predicted octanol–water partition coefficient (Wildman–Crippen LogP) is 4.77. The van der Waals surface area contributed by atoms with Gasteiger partial charge in [-0.05, 0) is 60.2 Å². The lowest BCUT2D eigenvalue weighted by Gasteiger charge is -1.94. The molecule has 0 aliphatic carbocycles. The third-order valence-corrected chi connectivity index (χ3v) is 4.75.